The third-order valence-electron chi connectivity index (χ3n) is 4.92. The highest BCUT2D eigenvalue weighted by atomic mass is 35.5. The second-order valence-electron chi connectivity index (χ2n) is 6.75. The molecule has 1 aromatic carbocycles. The van der Waals surface area contributed by atoms with Gasteiger partial charge in [0.25, 0.3) is 0 Å². The summed E-state index contributed by atoms with van der Waals surface area (Å²) in [4.78, 5) is 25.6. The van der Waals surface area contributed by atoms with Gasteiger partial charge in [0.1, 0.15) is 5.02 Å². The second-order valence-corrected chi connectivity index (χ2v) is 7.95. The monoisotopic (exact) mass is 450 g/mol. The molecule has 0 unspecified atom stereocenters. The van der Waals surface area contributed by atoms with Crippen LogP contribution in [0.4, 0.5) is 0 Å². The number of esters is 2. The number of hydrogen-bond donors (Lipinski definition) is 0. The van der Waals surface area contributed by atoms with Crippen LogP contribution >= 0.6 is 34.8 Å². The lowest BCUT2D eigenvalue weighted by Gasteiger charge is -2.27. The average molecular weight is 452 g/mol. The quantitative estimate of drug-likeness (QED) is 0.110. The third kappa shape index (κ3) is 6.53. The van der Waals surface area contributed by atoms with Gasteiger partial charge in [0.2, 0.25) is 0 Å². The summed E-state index contributed by atoms with van der Waals surface area (Å²) in [6, 6.07) is 2.99. The molecule has 0 heterocycles. The van der Waals surface area contributed by atoms with Crippen LogP contribution in [0.25, 0.3) is 0 Å². The summed E-state index contributed by atoms with van der Waals surface area (Å²) >= 11 is 18.2. The molecule has 1 aromatic rings. The minimum atomic E-state index is -1.41. The van der Waals surface area contributed by atoms with E-state index >= 15 is 0 Å². The van der Waals surface area contributed by atoms with Crippen LogP contribution in [0.15, 0.2) is 12.1 Å². The Kier molecular flexibility index (Phi) is 11.2. The van der Waals surface area contributed by atoms with E-state index in [1.807, 2.05) is 0 Å². The van der Waals surface area contributed by atoms with Crippen molar-refractivity contribution in [3.8, 4) is 5.75 Å². The smallest absolute Gasteiger partial charge is 0.328 e. The van der Waals surface area contributed by atoms with Crippen molar-refractivity contribution >= 4 is 46.7 Å². The number of rotatable bonds is 12. The Morgan fingerprint density at radius 2 is 1.43 bits per heavy atom. The van der Waals surface area contributed by atoms with Crippen LogP contribution in [-0.4, -0.2) is 18.5 Å². The Hall–Kier alpha value is -0.970. The first-order valence-electron chi connectivity index (χ1n) is 9.87. The lowest BCUT2D eigenvalue weighted by atomic mass is 9.82. The Bertz CT molecular complexity index is 657. The summed E-state index contributed by atoms with van der Waals surface area (Å²) in [5.74, 6) is -1.36. The van der Waals surface area contributed by atoms with E-state index in [-0.39, 0.29) is 33.7 Å². The molecular formula is C21H29Cl3O4. The van der Waals surface area contributed by atoms with Crippen molar-refractivity contribution in [1.29, 1.82) is 0 Å². The number of benzene rings is 1. The maximum atomic E-state index is 12.9. The van der Waals surface area contributed by atoms with Gasteiger partial charge in [0.15, 0.2) is 11.2 Å². The molecule has 4 nitrogen and oxygen atoms in total. The predicted octanol–water partition coefficient (Wildman–Crippen LogP) is 7.26. The second kappa shape index (κ2) is 12.6. The maximum absolute atomic E-state index is 12.9. The SMILES string of the molecule is CCCCCCCCOC(=O)C(CC)(CC)C(=O)Oc1c(Cl)ccc(Cl)c1Cl. The van der Waals surface area contributed by atoms with E-state index in [0.717, 1.165) is 19.3 Å². The molecule has 7 heteroatoms. The highest BCUT2D eigenvalue weighted by molar-refractivity contribution is 6.44. The van der Waals surface area contributed by atoms with Gasteiger partial charge in [-0.1, -0.05) is 87.7 Å². The van der Waals surface area contributed by atoms with E-state index in [1.165, 1.54) is 31.4 Å². The molecular weight excluding hydrogens is 423 g/mol. The molecule has 0 radical (unpaired) electrons. The van der Waals surface area contributed by atoms with Gasteiger partial charge in [-0.05, 0) is 31.4 Å². The van der Waals surface area contributed by atoms with E-state index < -0.39 is 17.4 Å². The van der Waals surface area contributed by atoms with Crippen molar-refractivity contribution < 1.29 is 19.1 Å². The lowest BCUT2D eigenvalue weighted by molar-refractivity contribution is -0.168. The Morgan fingerprint density at radius 1 is 0.857 bits per heavy atom. The van der Waals surface area contributed by atoms with E-state index in [0.29, 0.717) is 6.61 Å². The minimum Gasteiger partial charge on any atom is -0.465 e. The Morgan fingerprint density at radius 3 is 2.04 bits per heavy atom. The first kappa shape index (κ1) is 25.1. The van der Waals surface area contributed by atoms with E-state index in [1.54, 1.807) is 13.8 Å². The zero-order valence-electron chi connectivity index (χ0n) is 16.8. The fourth-order valence-electron chi connectivity index (χ4n) is 2.89. The largest absolute Gasteiger partial charge is 0.465 e. The molecule has 1 rings (SSSR count). The number of ether oxygens (including phenoxy) is 2. The highest BCUT2D eigenvalue weighted by Crippen LogP contribution is 2.40. The van der Waals surface area contributed by atoms with Crippen molar-refractivity contribution in [3.05, 3.63) is 27.2 Å². The summed E-state index contributed by atoms with van der Waals surface area (Å²) in [6.45, 7) is 5.95. The van der Waals surface area contributed by atoms with Crippen molar-refractivity contribution in [2.45, 2.75) is 72.1 Å². The maximum Gasteiger partial charge on any atom is 0.328 e. The summed E-state index contributed by atoms with van der Waals surface area (Å²) in [5.41, 5.74) is -1.41. The van der Waals surface area contributed by atoms with Crippen molar-refractivity contribution in [3.63, 3.8) is 0 Å². The van der Waals surface area contributed by atoms with E-state index in [9.17, 15) is 9.59 Å². The molecule has 0 amide bonds. The summed E-state index contributed by atoms with van der Waals surface area (Å²) in [6.07, 6.45) is 6.97. The number of unbranched alkanes of at least 4 members (excludes halogenated alkanes) is 5. The zero-order chi connectivity index (χ0) is 21.2. The fourth-order valence-corrected chi connectivity index (χ4v) is 3.49. The molecule has 0 aliphatic rings. The van der Waals surface area contributed by atoms with Gasteiger partial charge in [0, 0.05) is 0 Å². The first-order chi connectivity index (χ1) is 13.3. The van der Waals surface area contributed by atoms with Gasteiger partial charge < -0.3 is 9.47 Å². The molecule has 0 aliphatic carbocycles. The molecule has 0 N–H and O–H groups in total. The summed E-state index contributed by atoms with van der Waals surface area (Å²) in [5, 5.41) is 0.381. The number of carbonyl (C=O) groups is 2. The van der Waals surface area contributed by atoms with Crippen LogP contribution in [-0.2, 0) is 14.3 Å². The van der Waals surface area contributed by atoms with Crippen LogP contribution in [0.5, 0.6) is 5.75 Å². The van der Waals surface area contributed by atoms with Gasteiger partial charge in [0.05, 0.1) is 16.7 Å². The lowest BCUT2D eigenvalue weighted by Crippen LogP contribution is -2.42. The van der Waals surface area contributed by atoms with Crippen LogP contribution < -0.4 is 4.74 Å². The van der Waals surface area contributed by atoms with Crippen LogP contribution in [0.1, 0.15) is 72.1 Å². The number of halogens is 3. The van der Waals surface area contributed by atoms with Crippen LogP contribution in [0.2, 0.25) is 15.1 Å². The molecule has 0 spiro atoms. The molecule has 0 fully saturated rings. The molecule has 0 aliphatic heterocycles. The van der Waals surface area contributed by atoms with Gasteiger partial charge >= 0.3 is 11.9 Å². The topological polar surface area (TPSA) is 52.6 Å². The summed E-state index contributed by atoms with van der Waals surface area (Å²) in [7, 11) is 0. The molecule has 0 saturated carbocycles. The van der Waals surface area contributed by atoms with Crippen molar-refractivity contribution in [2.24, 2.45) is 5.41 Å². The molecule has 0 bridgehead atoms. The van der Waals surface area contributed by atoms with Crippen molar-refractivity contribution in [1.82, 2.24) is 0 Å². The molecule has 28 heavy (non-hydrogen) atoms. The number of hydrogen-bond acceptors (Lipinski definition) is 4. The van der Waals surface area contributed by atoms with E-state index in [2.05, 4.69) is 6.92 Å². The van der Waals surface area contributed by atoms with Gasteiger partial charge in [-0.25, -0.2) is 0 Å². The molecule has 158 valence electrons. The van der Waals surface area contributed by atoms with Crippen molar-refractivity contribution in [2.75, 3.05) is 6.61 Å². The average Bonchev–Trinajstić information content (AvgIpc) is 2.69. The Balaban J connectivity index is 2.77. The minimum absolute atomic E-state index is 0.0315. The number of carbonyl (C=O) groups excluding carboxylic acids is 2. The standard InChI is InChI=1S/C21H29Cl3O4/c1-4-7-8-9-10-11-14-27-19(25)21(5-2,6-3)20(26)28-18-16(23)13-12-15(22)17(18)24/h12-13H,4-11,14H2,1-3H3. The molecule has 0 atom stereocenters. The highest BCUT2D eigenvalue weighted by Gasteiger charge is 2.46. The van der Waals surface area contributed by atoms with Gasteiger partial charge in [-0.15, -0.1) is 0 Å². The first-order valence-corrected chi connectivity index (χ1v) is 11.0. The van der Waals surface area contributed by atoms with Gasteiger partial charge in [-0.3, -0.25) is 9.59 Å². The zero-order valence-corrected chi connectivity index (χ0v) is 19.1. The predicted molar refractivity (Wildman–Crippen MR) is 114 cm³/mol. The summed E-state index contributed by atoms with van der Waals surface area (Å²) < 4.78 is 10.8. The third-order valence-corrected chi connectivity index (χ3v) is 6.00. The van der Waals surface area contributed by atoms with E-state index in [4.69, 9.17) is 44.3 Å². The normalized spacial score (nSPS) is 11.4. The van der Waals surface area contributed by atoms with Crippen LogP contribution in [0.3, 0.4) is 0 Å². The van der Waals surface area contributed by atoms with Crippen LogP contribution in [0, 0.1) is 5.41 Å². The Labute approximate surface area is 182 Å². The molecule has 0 aromatic heterocycles. The van der Waals surface area contributed by atoms with Gasteiger partial charge in [-0.2, -0.15) is 0 Å². The molecule has 0 saturated heterocycles. The fraction of sp³-hybridized carbons (Fsp3) is 0.619.